The van der Waals surface area contributed by atoms with Gasteiger partial charge in [0.1, 0.15) is 0 Å². The maximum absolute atomic E-state index is 3.92. The Hall–Kier alpha value is -1.31. The third kappa shape index (κ3) is 0.620. The summed E-state index contributed by atoms with van der Waals surface area (Å²) >= 11 is 0. The first kappa shape index (κ1) is 5.47. The average molecular weight is 132 g/mol. The van der Waals surface area contributed by atoms with Gasteiger partial charge in [-0.15, -0.1) is 0 Å². The number of aromatic amines is 1. The lowest BCUT2D eigenvalue weighted by Gasteiger charge is -2.04. The number of H-pyrrole nitrogens is 1. The first-order chi connectivity index (χ1) is 4.88. The summed E-state index contributed by atoms with van der Waals surface area (Å²) in [7, 11) is 0. The van der Waals surface area contributed by atoms with Crippen molar-refractivity contribution in [1.29, 1.82) is 0 Å². The monoisotopic (exact) mass is 132 g/mol. The second-order valence-electron chi connectivity index (χ2n) is 2.41. The number of hydrogen-bond donors (Lipinski definition) is 1. The smallest absolute Gasteiger partial charge is 0.0649 e. The van der Waals surface area contributed by atoms with E-state index in [4.69, 9.17) is 0 Å². The van der Waals surface area contributed by atoms with Gasteiger partial charge in [-0.1, -0.05) is 12.7 Å². The molecule has 1 aromatic rings. The summed E-state index contributed by atoms with van der Waals surface area (Å²) in [5.41, 5.74) is 3.38. The van der Waals surface area contributed by atoms with E-state index in [0.29, 0.717) is 0 Å². The molecule has 1 aromatic heterocycles. The van der Waals surface area contributed by atoms with Crippen molar-refractivity contribution in [2.24, 2.45) is 0 Å². The molecule has 2 heteroatoms. The average Bonchev–Trinajstić information content (AvgIpc) is 2.36. The first-order valence-electron chi connectivity index (χ1n) is 3.26. The van der Waals surface area contributed by atoms with Crippen LogP contribution in [0, 0.1) is 0 Å². The van der Waals surface area contributed by atoms with Crippen LogP contribution in [0.1, 0.15) is 17.7 Å². The Bertz CT molecular complexity index is 294. The van der Waals surface area contributed by atoms with Gasteiger partial charge < -0.3 is 0 Å². The standard InChI is InChI=1S/C8H8N2/c1-6-3-2-4-8-7(6)5-9-10-8/h2,4-5H,1,3H2,(H,9,10). The van der Waals surface area contributed by atoms with Gasteiger partial charge in [-0.05, 0) is 18.1 Å². The van der Waals surface area contributed by atoms with Crippen molar-refractivity contribution in [1.82, 2.24) is 10.2 Å². The molecule has 0 aliphatic heterocycles. The molecular formula is C8H8N2. The fourth-order valence-electron chi connectivity index (χ4n) is 1.13. The molecule has 0 saturated heterocycles. The lowest BCUT2D eigenvalue weighted by atomic mass is 10.0. The van der Waals surface area contributed by atoms with Gasteiger partial charge in [0.25, 0.3) is 0 Å². The molecule has 0 atom stereocenters. The Morgan fingerprint density at radius 1 is 1.60 bits per heavy atom. The third-order valence-electron chi connectivity index (χ3n) is 1.70. The predicted octanol–water partition coefficient (Wildman–Crippen LogP) is 1.84. The molecule has 1 N–H and O–H groups in total. The van der Waals surface area contributed by atoms with E-state index in [1.54, 1.807) is 0 Å². The normalized spacial score (nSPS) is 15.4. The molecule has 0 unspecified atom stereocenters. The molecule has 0 fully saturated rings. The number of aromatic nitrogens is 2. The molecule has 0 radical (unpaired) electrons. The van der Waals surface area contributed by atoms with E-state index < -0.39 is 0 Å². The highest BCUT2D eigenvalue weighted by Gasteiger charge is 2.08. The van der Waals surface area contributed by atoms with Crippen molar-refractivity contribution >= 4 is 11.6 Å². The summed E-state index contributed by atoms with van der Waals surface area (Å²) < 4.78 is 0. The van der Waals surface area contributed by atoms with Crippen LogP contribution in [0.4, 0.5) is 0 Å². The Morgan fingerprint density at radius 3 is 3.30 bits per heavy atom. The fourth-order valence-corrected chi connectivity index (χ4v) is 1.13. The molecule has 50 valence electrons. The zero-order valence-electron chi connectivity index (χ0n) is 5.59. The summed E-state index contributed by atoms with van der Waals surface area (Å²) in [5, 5.41) is 6.81. The largest absolute Gasteiger partial charge is 0.278 e. The van der Waals surface area contributed by atoms with Crippen LogP contribution in [0.25, 0.3) is 11.6 Å². The van der Waals surface area contributed by atoms with Gasteiger partial charge in [0.15, 0.2) is 0 Å². The molecule has 0 aromatic carbocycles. The minimum atomic E-state index is 0.951. The zero-order chi connectivity index (χ0) is 6.97. The SMILES string of the molecule is C=C1CC=Cc2[nH]ncc21. The van der Waals surface area contributed by atoms with Crippen LogP contribution in [0.3, 0.4) is 0 Å². The molecule has 1 aliphatic carbocycles. The van der Waals surface area contributed by atoms with Gasteiger partial charge in [-0.2, -0.15) is 5.10 Å². The summed E-state index contributed by atoms with van der Waals surface area (Å²) in [6.45, 7) is 3.92. The van der Waals surface area contributed by atoms with Gasteiger partial charge in [0, 0.05) is 5.56 Å². The highest BCUT2D eigenvalue weighted by molar-refractivity contribution is 5.75. The van der Waals surface area contributed by atoms with E-state index in [9.17, 15) is 0 Å². The van der Waals surface area contributed by atoms with Gasteiger partial charge in [-0.25, -0.2) is 0 Å². The molecule has 1 heterocycles. The molecule has 1 aliphatic rings. The summed E-state index contributed by atoms with van der Waals surface area (Å²) in [4.78, 5) is 0. The summed E-state index contributed by atoms with van der Waals surface area (Å²) in [6, 6.07) is 0. The lowest BCUT2D eigenvalue weighted by molar-refractivity contribution is 1.08. The van der Waals surface area contributed by atoms with Crippen molar-refractivity contribution in [3.63, 3.8) is 0 Å². The molecule has 0 amide bonds. The Labute approximate surface area is 59.3 Å². The van der Waals surface area contributed by atoms with Crippen LogP contribution in [0.2, 0.25) is 0 Å². The minimum absolute atomic E-state index is 0.951. The van der Waals surface area contributed by atoms with Gasteiger partial charge in [-0.3, -0.25) is 5.10 Å². The fraction of sp³-hybridized carbons (Fsp3) is 0.125. The molecule has 2 rings (SSSR count). The van der Waals surface area contributed by atoms with E-state index in [0.717, 1.165) is 23.3 Å². The van der Waals surface area contributed by atoms with E-state index in [1.165, 1.54) is 0 Å². The maximum Gasteiger partial charge on any atom is 0.0649 e. The number of nitrogens with zero attached hydrogens (tertiary/aromatic N) is 1. The number of hydrogen-bond acceptors (Lipinski definition) is 1. The number of allylic oxidation sites excluding steroid dienone is 2. The predicted molar refractivity (Wildman–Crippen MR) is 41.3 cm³/mol. The first-order valence-corrected chi connectivity index (χ1v) is 3.26. The molecule has 2 nitrogen and oxygen atoms in total. The molecule has 0 saturated carbocycles. The number of rotatable bonds is 0. The molecule has 0 bridgehead atoms. The number of nitrogens with one attached hydrogen (secondary N) is 1. The second-order valence-corrected chi connectivity index (χ2v) is 2.41. The van der Waals surface area contributed by atoms with E-state index in [1.807, 2.05) is 12.3 Å². The van der Waals surface area contributed by atoms with Crippen LogP contribution < -0.4 is 0 Å². The van der Waals surface area contributed by atoms with Crippen molar-refractivity contribution in [2.75, 3.05) is 0 Å². The van der Waals surface area contributed by atoms with Crippen LogP contribution in [-0.2, 0) is 0 Å². The molecule has 10 heavy (non-hydrogen) atoms. The van der Waals surface area contributed by atoms with Crippen molar-refractivity contribution < 1.29 is 0 Å². The van der Waals surface area contributed by atoms with Crippen LogP contribution in [-0.4, -0.2) is 10.2 Å². The Kier molecular flexibility index (Phi) is 1.01. The van der Waals surface area contributed by atoms with Crippen molar-refractivity contribution in [3.05, 3.63) is 30.1 Å². The van der Waals surface area contributed by atoms with E-state index in [-0.39, 0.29) is 0 Å². The van der Waals surface area contributed by atoms with E-state index >= 15 is 0 Å². The highest BCUT2D eigenvalue weighted by Crippen LogP contribution is 2.24. The lowest BCUT2D eigenvalue weighted by Crippen LogP contribution is -1.87. The molecular weight excluding hydrogens is 124 g/mol. The van der Waals surface area contributed by atoms with Crippen LogP contribution >= 0.6 is 0 Å². The number of fused-ring (bicyclic) bond motifs is 1. The maximum atomic E-state index is 3.92. The van der Waals surface area contributed by atoms with Crippen molar-refractivity contribution in [2.45, 2.75) is 6.42 Å². The quantitative estimate of drug-likeness (QED) is 0.573. The summed E-state index contributed by atoms with van der Waals surface area (Å²) in [5.74, 6) is 0. The van der Waals surface area contributed by atoms with Crippen LogP contribution in [0.15, 0.2) is 18.9 Å². The van der Waals surface area contributed by atoms with Gasteiger partial charge >= 0.3 is 0 Å². The highest BCUT2D eigenvalue weighted by atomic mass is 15.1. The van der Waals surface area contributed by atoms with Gasteiger partial charge in [0.2, 0.25) is 0 Å². The Balaban J connectivity index is 2.62. The van der Waals surface area contributed by atoms with Crippen LogP contribution in [0.5, 0.6) is 0 Å². The topological polar surface area (TPSA) is 28.7 Å². The summed E-state index contributed by atoms with van der Waals surface area (Å²) in [6.07, 6.45) is 6.90. The molecule has 0 spiro atoms. The zero-order valence-corrected chi connectivity index (χ0v) is 5.59. The Morgan fingerprint density at radius 2 is 2.50 bits per heavy atom. The van der Waals surface area contributed by atoms with Gasteiger partial charge in [0.05, 0.1) is 11.9 Å². The van der Waals surface area contributed by atoms with E-state index in [2.05, 4.69) is 22.9 Å². The van der Waals surface area contributed by atoms with Crippen molar-refractivity contribution in [3.8, 4) is 0 Å². The minimum Gasteiger partial charge on any atom is -0.278 e. The third-order valence-corrected chi connectivity index (χ3v) is 1.70. The second kappa shape index (κ2) is 1.84.